The smallest absolute Gasteiger partial charge is 0.274 e. The van der Waals surface area contributed by atoms with Crippen LogP contribution in [0.4, 0.5) is 0 Å². The summed E-state index contributed by atoms with van der Waals surface area (Å²) in [5, 5.41) is 22.6. The quantitative estimate of drug-likeness (QED) is 0.417. The lowest BCUT2D eigenvalue weighted by atomic mass is 10.0. The summed E-state index contributed by atoms with van der Waals surface area (Å²) in [6.07, 6.45) is 0.0702. The predicted octanol–water partition coefficient (Wildman–Crippen LogP) is 4.01. The molecule has 0 aliphatic rings. The minimum absolute atomic E-state index is 0.0409. The molecule has 0 fully saturated rings. The number of carbonyl (C=O) groups is 3. The predicted molar refractivity (Wildman–Crippen MR) is 125 cm³/mol. The largest absolute Gasteiger partial charge is 0.506 e. The number of benzene rings is 1. The van der Waals surface area contributed by atoms with Crippen molar-refractivity contribution in [3.8, 4) is 5.75 Å². The van der Waals surface area contributed by atoms with Gasteiger partial charge in [-0.3, -0.25) is 14.4 Å². The second-order valence-electron chi connectivity index (χ2n) is 7.89. The summed E-state index contributed by atoms with van der Waals surface area (Å²) < 4.78 is 5.18. The van der Waals surface area contributed by atoms with Crippen LogP contribution in [0.3, 0.4) is 0 Å². The number of ketones is 1. The Hall–Kier alpha value is -3.17. The molecule has 174 valence electrons. The van der Waals surface area contributed by atoms with Gasteiger partial charge < -0.3 is 20.3 Å². The van der Waals surface area contributed by atoms with Crippen LogP contribution in [-0.4, -0.2) is 33.9 Å². The fraction of sp³-hybridized carbons (Fsp3) is 0.304. The first kappa shape index (κ1) is 24.5. The van der Waals surface area contributed by atoms with Crippen molar-refractivity contribution >= 4 is 40.5 Å². The summed E-state index contributed by atoms with van der Waals surface area (Å²) in [5.41, 5.74) is 1.31. The van der Waals surface area contributed by atoms with Crippen molar-refractivity contribution in [1.82, 2.24) is 15.8 Å². The maximum absolute atomic E-state index is 13.2. The number of hydrogen-bond acceptors (Lipinski definition) is 7. The van der Waals surface area contributed by atoms with E-state index in [1.165, 1.54) is 36.5 Å². The van der Waals surface area contributed by atoms with E-state index in [1.54, 1.807) is 17.5 Å². The number of nitrogens with one attached hydrogen (secondary N) is 2. The summed E-state index contributed by atoms with van der Waals surface area (Å²) in [4.78, 5) is 38.2. The van der Waals surface area contributed by atoms with E-state index in [9.17, 15) is 19.5 Å². The molecule has 3 N–H and O–H groups in total. The zero-order valence-corrected chi connectivity index (χ0v) is 19.9. The molecule has 3 rings (SSSR count). The third-order valence-electron chi connectivity index (χ3n) is 4.97. The molecule has 0 radical (unpaired) electrons. The maximum atomic E-state index is 13.2. The Morgan fingerprint density at radius 2 is 1.94 bits per heavy atom. The summed E-state index contributed by atoms with van der Waals surface area (Å²) in [7, 11) is 0. The number of phenolic OH excluding ortho intramolecular Hbond substituents is 1. The van der Waals surface area contributed by atoms with E-state index < -0.39 is 23.9 Å². The molecule has 8 nitrogen and oxygen atoms in total. The van der Waals surface area contributed by atoms with E-state index in [2.05, 4.69) is 15.8 Å². The number of halogens is 1. The number of carbonyl (C=O) groups excluding carboxylic acids is 3. The normalized spacial score (nSPS) is 12.9. The minimum atomic E-state index is -1.04. The van der Waals surface area contributed by atoms with E-state index in [1.807, 2.05) is 19.2 Å². The van der Waals surface area contributed by atoms with Gasteiger partial charge in [-0.1, -0.05) is 36.7 Å². The van der Waals surface area contributed by atoms with E-state index in [-0.39, 0.29) is 34.6 Å². The van der Waals surface area contributed by atoms with Crippen LogP contribution in [0.15, 0.2) is 45.6 Å². The molecule has 10 heteroatoms. The Balaban J connectivity index is 1.84. The molecule has 0 saturated carbocycles. The first-order valence-corrected chi connectivity index (χ1v) is 11.6. The third-order valence-corrected chi connectivity index (χ3v) is 5.98. The molecule has 2 atom stereocenters. The second kappa shape index (κ2) is 10.6. The SMILES string of the molecule is CC(=O)[C@@H](NC(=O)[C@H](Cc1ccc(O)c(Cl)c1)NC(=O)c1cc(C(C)C)on1)c1ccsc1. The molecule has 0 spiro atoms. The zero-order valence-electron chi connectivity index (χ0n) is 18.3. The second-order valence-corrected chi connectivity index (χ2v) is 9.08. The molecule has 0 aliphatic carbocycles. The Morgan fingerprint density at radius 1 is 1.18 bits per heavy atom. The van der Waals surface area contributed by atoms with Crippen molar-refractivity contribution in [3.05, 3.63) is 68.7 Å². The number of thiophene rings is 1. The summed E-state index contributed by atoms with van der Waals surface area (Å²) in [6.45, 7) is 5.19. The van der Waals surface area contributed by atoms with Crippen molar-refractivity contribution in [2.75, 3.05) is 0 Å². The molecule has 0 aliphatic heterocycles. The fourth-order valence-corrected chi connectivity index (χ4v) is 4.01. The average molecular weight is 490 g/mol. The Kier molecular flexibility index (Phi) is 7.88. The lowest BCUT2D eigenvalue weighted by Crippen LogP contribution is -2.49. The highest BCUT2D eigenvalue weighted by Gasteiger charge is 2.28. The topological polar surface area (TPSA) is 122 Å². The van der Waals surface area contributed by atoms with Crippen molar-refractivity contribution in [2.45, 2.75) is 45.2 Å². The zero-order chi connectivity index (χ0) is 24.1. The van der Waals surface area contributed by atoms with Gasteiger partial charge in [-0.15, -0.1) is 0 Å². The maximum Gasteiger partial charge on any atom is 0.274 e. The van der Waals surface area contributed by atoms with Gasteiger partial charge in [0.05, 0.1) is 5.02 Å². The number of rotatable bonds is 9. The van der Waals surface area contributed by atoms with Gasteiger partial charge in [-0.2, -0.15) is 11.3 Å². The minimum Gasteiger partial charge on any atom is -0.506 e. The molecule has 0 unspecified atom stereocenters. The molecule has 2 aromatic heterocycles. The van der Waals surface area contributed by atoms with Crippen molar-refractivity contribution < 1.29 is 24.0 Å². The van der Waals surface area contributed by atoms with Crippen LogP contribution in [0, 0.1) is 0 Å². The van der Waals surface area contributed by atoms with Crippen molar-refractivity contribution in [3.63, 3.8) is 0 Å². The molecule has 2 heterocycles. The number of aromatic hydroxyl groups is 1. The van der Waals surface area contributed by atoms with Crippen molar-refractivity contribution in [2.24, 2.45) is 0 Å². The highest BCUT2D eigenvalue weighted by Crippen LogP contribution is 2.25. The van der Waals surface area contributed by atoms with Crippen LogP contribution >= 0.6 is 22.9 Å². The number of amides is 2. The van der Waals surface area contributed by atoms with Crippen LogP contribution in [0.25, 0.3) is 0 Å². The summed E-state index contributed by atoms with van der Waals surface area (Å²) in [6, 6.07) is 5.91. The number of nitrogens with zero attached hydrogens (tertiary/aromatic N) is 1. The molecular formula is C23H24ClN3O5S. The van der Waals surface area contributed by atoms with E-state index in [4.69, 9.17) is 16.1 Å². The van der Waals surface area contributed by atoms with Gasteiger partial charge in [0.1, 0.15) is 23.6 Å². The summed E-state index contributed by atoms with van der Waals surface area (Å²) in [5.74, 6) is -0.891. The van der Waals surface area contributed by atoms with Crippen LogP contribution in [0.2, 0.25) is 5.02 Å². The third kappa shape index (κ3) is 6.21. The number of hydrogen-bond donors (Lipinski definition) is 3. The van der Waals surface area contributed by atoms with Gasteiger partial charge in [-0.05, 0) is 47.0 Å². The van der Waals surface area contributed by atoms with E-state index >= 15 is 0 Å². The Labute approximate surface area is 199 Å². The lowest BCUT2D eigenvalue weighted by molar-refractivity contribution is -0.128. The Morgan fingerprint density at radius 3 is 2.52 bits per heavy atom. The first-order chi connectivity index (χ1) is 15.7. The molecular weight excluding hydrogens is 466 g/mol. The van der Waals surface area contributed by atoms with E-state index in [0.717, 1.165) is 0 Å². The molecule has 3 aromatic rings. The highest BCUT2D eigenvalue weighted by molar-refractivity contribution is 7.08. The number of phenols is 1. The molecule has 0 bridgehead atoms. The molecule has 33 heavy (non-hydrogen) atoms. The molecule has 0 saturated heterocycles. The van der Waals surface area contributed by atoms with Crippen LogP contribution < -0.4 is 10.6 Å². The van der Waals surface area contributed by atoms with Gasteiger partial charge in [-0.25, -0.2) is 0 Å². The monoisotopic (exact) mass is 489 g/mol. The lowest BCUT2D eigenvalue weighted by Gasteiger charge is -2.22. The highest BCUT2D eigenvalue weighted by atomic mass is 35.5. The number of aromatic nitrogens is 1. The van der Waals surface area contributed by atoms with Crippen LogP contribution in [0.5, 0.6) is 5.75 Å². The fourth-order valence-electron chi connectivity index (χ4n) is 3.12. The van der Waals surface area contributed by atoms with Gasteiger partial charge in [0.25, 0.3) is 5.91 Å². The van der Waals surface area contributed by atoms with Crippen molar-refractivity contribution in [1.29, 1.82) is 0 Å². The van der Waals surface area contributed by atoms with Gasteiger partial charge in [0, 0.05) is 18.4 Å². The van der Waals surface area contributed by atoms with Crippen LogP contribution in [0.1, 0.15) is 60.1 Å². The van der Waals surface area contributed by atoms with E-state index in [0.29, 0.717) is 16.9 Å². The summed E-state index contributed by atoms with van der Waals surface area (Å²) >= 11 is 7.41. The molecule has 1 aromatic carbocycles. The Bertz CT molecular complexity index is 1140. The first-order valence-electron chi connectivity index (χ1n) is 10.2. The standard InChI is InChI=1S/C23H24ClN3O5S/c1-12(2)20-10-18(27-32-20)23(31)25-17(9-14-4-5-19(29)16(24)8-14)22(30)26-21(13(3)28)15-6-7-33-11-15/h4-8,10-12,17,21,29H,9H2,1-3H3,(H,25,31)(H,26,30)/t17-,21+/m0/s1. The van der Waals surface area contributed by atoms with Crippen LogP contribution in [-0.2, 0) is 16.0 Å². The molecule has 2 amide bonds. The average Bonchev–Trinajstić information content (AvgIpc) is 3.46. The van der Waals surface area contributed by atoms with Gasteiger partial charge in [0.2, 0.25) is 5.91 Å². The number of Topliss-reactive ketones (excluding diaryl/α,β-unsaturated/α-hetero) is 1. The van der Waals surface area contributed by atoms with Gasteiger partial charge in [0.15, 0.2) is 11.5 Å². The van der Waals surface area contributed by atoms with Gasteiger partial charge >= 0.3 is 0 Å².